The average molecular weight is 304 g/mol. The van der Waals surface area contributed by atoms with Crippen molar-refractivity contribution in [3.63, 3.8) is 0 Å². The van der Waals surface area contributed by atoms with Crippen LogP contribution in [0.1, 0.15) is 25.0 Å². The summed E-state index contributed by atoms with van der Waals surface area (Å²) in [6, 6.07) is 20.9. The summed E-state index contributed by atoms with van der Waals surface area (Å²) in [5, 5.41) is 0. The maximum Gasteiger partial charge on any atom is 2.00 e. The van der Waals surface area contributed by atoms with E-state index in [9.17, 15) is 0 Å². The van der Waals surface area contributed by atoms with Gasteiger partial charge in [-0.15, -0.1) is 0 Å². The average Bonchev–Trinajstić information content (AvgIpc) is 2.43. The molecular weight excluding hydrogens is 282 g/mol. The minimum atomic E-state index is 0. The van der Waals surface area contributed by atoms with Crippen molar-refractivity contribution < 1.29 is 19.5 Å². The summed E-state index contributed by atoms with van der Waals surface area (Å²) in [4.78, 5) is 0. The molecule has 0 unspecified atom stereocenters. The van der Waals surface area contributed by atoms with E-state index in [0.29, 0.717) is 0 Å². The Kier molecular flexibility index (Phi) is 11.5. The topological polar surface area (TPSA) is 0 Å². The summed E-state index contributed by atoms with van der Waals surface area (Å²) in [6.45, 7) is 4.15. The standard InChI is InChI=1S/2C9H11.Zn/c2*1-2-6-9-7-4-3-5-8-9;/h2*2-5,7-8H,6H2,1H3;/q2*-1;+2. The fraction of sp³-hybridized carbons (Fsp3) is 0.222. The molecule has 0 aromatic heterocycles. The van der Waals surface area contributed by atoms with Gasteiger partial charge in [0.25, 0.3) is 0 Å². The van der Waals surface area contributed by atoms with E-state index >= 15 is 0 Å². The first-order chi connectivity index (χ1) is 8.86. The summed E-state index contributed by atoms with van der Waals surface area (Å²) >= 11 is 0. The fourth-order valence-electron chi connectivity index (χ4n) is 1.70. The van der Waals surface area contributed by atoms with Crippen LogP contribution in [0.5, 0.6) is 0 Å². The first-order valence-corrected chi connectivity index (χ1v) is 6.50. The monoisotopic (exact) mass is 302 g/mol. The molecule has 19 heavy (non-hydrogen) atoms. The van der Waals surface area contributed by atoms with Crippen molar-refractivity contribution in [3.8, 4) is 0 Å². The van der Waals surface area contributed by atoms with Crippen LogP contribution in [0, 0.1) is 12.8 Å². The zero-order valence-electron chi connectivity index (χ0n) is 12.0. The van der Waals surface area contributed by atoms with Crippen molar-refractivity contribution in [2.45, 2.75) is 26.7 Å². The molecule has 0 fully saturated rings. The minimum Gasteiger partial charge on any atom is -0.327 e. The van der Waals surface area contributed by atoms with Gasteiger partial charge in [0, 0.05) is 0 Å². The van der Waals surface area contributed by atoms with Crippen molar-refractivity contribution >= 4 is 0 Å². The van der Waals surface area contributed by atoms with Gasteiger partial charge >= 0.3 is 19.5 Å². The molecule has 2 rings (SSSR count). The first-order valence-electron chi connectivity index (χ1n) is 6.50. The Bertz CT molecular complexity index is 353. The second-order valence-corrected chi connectivity index (χ2v) is 4.20. The van der Waals surface area contributed by atoms with Crippen molar-refractivity contribution in [1.29, 1.82) is 0 Å². The molecule has 0 aliphatic heterocycles. The maximum absolute atomic E-state index is 2.16. The first kappa shape index (κ1) is 18.1. The number of hydrogen-bond donors (Lipinski definition) is 0. The molecule has 0 atom stereocenters. The van der Waals surface area contributed by atoms with Crippen LogP contribution >= 0.6 is 0 Å². The molecule has 0 saturated heterocycles. The van der Waals surface area contributed by atoms with Gasteiger partial charge < -0.3 is 12.8 Å². The maximum atomic E-state index is 2.16. The van der Waals surface area contributed by atoms with Crippen LogP contribution in [0.2, 0.25) is 0 Å². The van der Waals surface area contributed by atoms with E-state index in [4.69, 9.17) is 0 Å². The molecule has 0 saturated carbocycles. The summed E-state index contributed by atoms with van der Waals surface area (Å²) in [7, 11) is 0. The van der Waals surface area contributed by atoms with Crippen molar-refractivity contribution in [3.05, 3.63) is 84.6 Å². The fourth-order valence-corrected chi connectivity index (χ4v) is 1.70. The van der Waals surface area contributed by atoms with Gasteiger partial charge in [0.15, 0.2) is 0 Å². The predicted octanol–water partition coefficient (Wildman–Crippen LogP) is 4.90. The molecule has 0 aliphatic rings. The van der Waals surface area contributed by atoms with Crippen LogP contribution in [-0.2, 0) is 32.3 Å². The molecule has 0 nitrogen and oxygen atoms in total. The van der Waals surface area contributed by atoms with Gasteiger partial charge in [-0.05, 0) is 0 Å². The summed E-state index contributed by atoms with van der Waals surface area (Å²) in [6.07, 6.45) is 6.49. The molecule has 0 radical (unpaired) electrons. The molecule has 96 valence electrons. The Morgan fingerprint density at radius 3 is 1.21 bits per heavy atom. The van der Waals surface area contributed by atoms with Gasteiger partial charge in [0.1, 0.15) is 0 Å². The van der Waals surface area contributed by atoms with Crippen LogP contribution < -0.4 is 0 Å². The predicted molar refractivity (Wildman–Crippen MR) is 80.2 cm³/mol. The molecule has 0 bridgehead atoms. The number of rotatable bonds is 4. The van der Waals surface area contributed by atoms with E-state index in [2.05, 4.69) is 75.2 Å². The Labute approximate surface area is 131 Å². The van der Waals surface area contributed by atoms with Gasteiger partial charge in [-0.1, -0.05) is 71.8 Å². The normalized spacial score (nSPS) is 8.95. The van der Waals surface area contributed by atoms with E-state index in [1.807, 2.05) is 12.1 Å². The Balaban J connectivity index is 0.000000324. The van der Waals surface area contributed by atoms with Crippen LogP contribution in [0.3, 0.4) is 0 Å². The van der Waals surface area contributed by atoms with E-state index in [1.165, 1.54) is 11.1 Å². The Morgan fingerprint density at radius 1 is 0.632 bits per heavy atom. The molecule has 1 heteroatoms. The summed E-state index contributed by atoms with van der Waals surface area (Å²) in [5.74, 6) is 0. The van der Waals surface area contributed by atoms with Crippen LogP contribution in [0.4, 0.5) is 0 Å². The third-order valence-corrected chi connectivity index (χ3v) is 2.57. The van der Waals surface area contributed by atoms with E-state index in [0.717, 1.165) is 12.8 Å². The SMILES string of the molecule is C[CH-]Cc1ccccc1.C[CH-]Cc1ccccc1.[Zn+2]. The third-order valence-electron chi connectivity index (χ3n) is 2.57. The summed E-state index contributed by atoms with van der Waals surface area (Å²) in [5.41, 5.74) is 2.78. The number of hydrogen-bond acceptors (Lipinski definition) is 0. The summed E-state index contributed by atoms with van der Waals surface area (Å²) < 4.78 is 0. The van der Waals surface area contributed by atoms with Gasteiger partial charge in [-0.25, -0.2) is 0 Å². The van der Waals surface area contributed by atoms with Crippen LogP contribution in [-0.4, -0.2) is 0 Å². The molecule has 0 amide bonds. The smallest absolute Gasteiger partial charge is 0.327 e. The van der Waals surface area contributed by atoms with Gasteiger partial charge in [0.05, 0.1) is 0 Å². The zero-order valence-corrected chi connectivity index (χ0v) is 15.0. The molecule has 2 aromatic carbocycles. The largest absolute Gasteiger partial charge is 2.00 e. The Morgan fingerprint density at radius 2 is 0.947 bits per heavy atom. The number of benzene rings is 2. The molecule has 0 spiro atoms. The van der Waals surface area contributed by atoms with Gasteiger partial charge in [-0.3, -0.25) is 0 Å². The van der Waals surface area contributed by atoms with Crippen LogP contribution in [0.15, 0.2) is 60.7 Å². The third kappa shape index (κ3) is 8.73. The Hall–Kier alpha value is -0.937. The van der Waals surface area contributed by atoms with Crippen LogP contribution in [0.25, 0.3) is 0 Å². The zero-order chi connectivity index (χ0) is 13.1. The van der Waals surface area contributed by atoms with E-state index < -0.39 is 0 Å². The van der Waals surface area contributed by atoms with Gasteiger partial charge in [0.2, 0.25) is 0 Å². The second kappa shape index (κ2) is 12.1. The molecule has 0 N–H and O–H groups in total. The van der Waals surface area contributed by atoms with Crippen molar-refractivity contribution in [1.82, 2.24) is 0 Å². The molecule has 2 aromatic rings. The molecule has 0 aliphatic carbocycles. The quantitative estimate of drug-likeness (QED) is 0.556. The minimum absolute atomic E-state index is 0. The van der Waals surface area contributed by atoms with Gasteiger partial charge in [-0.2, -0.15) is 26.7 Å². The second-order valence-electron chi connectivity index (χ2n) is 4.20. The van der Waals surface area contributed by atoms with Crippen molar-refractivity contribution in [2.75, 3.05) is 0 Å². The molecular formula is C18H22Zn. The van der Waals surface area contributed by atoms with E-state index in [-0.39, 0.29) is 19.5 Å². The van der Waals surface area contributed by atoms with Crippen molar-refractivity contribution in [2.24, 2.45) is 0 Å². The van der Waals surface area contributed by atoms with E-state index in [1.54, 1.807) is 0 Å². The molecule has 0 heterocycles.